The Morgan fingerprint density at radius 3 is 2.93 bits per heavy atom. The van der Waals surface area contributed by atoms with E-state index in [4.69, 9.17) is 5.73 Å². The van der Waals surface area contributed by atoms with Gasteiger partial charge in [0, 0.05) is 31.6 Å². The van der Waals surface area contributed by atoms with Crippen molar-refractivity contribution in [2.24, 2.45) is 11.7 Å². The van der Waals surface area contributed by atoms with Crippen LogP contribution in [-0.2, 0) is 4.79 Å². The molecule has 1 amide bonds. The van der Waals surface area contributed by atoms with Gasteiger partial charge in [-0.05, 0) is 19.4 Å². The van der Waals surface area contributed by atoms with E-state index in [1.807, 2.05) is 13.8 Å². The molecule has 0 radical (unpaired) electrons. The highest BCUT2D eigenvalue weighted by Gasteiger charge is 2.21. The summed E-state index contributed by atoms with van der Waals surface area (Å²) in [5, 5.41) is 3.09. The van der Waals surface area contributed by atoms with Crippen LogP contribution in [0.1, 0.15) is 26.7 Å². The normalized spacial score (nSPS) is 23.1. The molecule has 4 nitrogen and oxygen atoms in total. The Bertz CT molecular complexity index is 204. The van der Waals surface area contributed by atoms with Gasteiger partial charge in [0.2, 0.25) is 5.91 Å². The van der Waals surface area contributed by atoms with Crippen LogP contribution in [0.4, 0.5) is 0 Å². The van der Waals surface area contributed by atoms with Crippen molar-refractivity contribution in [3.63, 3.8) is 0 Å². The Labute approximate surface area is 92.2 Å². The van der Waals surface area contributed by atoms with Crippen molar-refractivity contribution >= 4 is 5.91 Å². The van der Waals surface area contributed by atoms with Crippen molar-refractivity contribution in [2.75, 3.05) is 26.2 Å². The summed E-state index contributed by atoms with van der Waals surface area (Å²) in [4.78, 5) is 13.8. The minimum atomic E-state index is 0.0786. The van der Waals surface area contributed by atoms with E-state index in [1.165, 1.54) is 0 Å². The van der Waals surface area contributed by atoms with E-state index < -0.39 is 0 Å². The van der Waals surface area contributed by atoms with E-state index in [0.717, 1.165) is 32.5 Å². The minimum absolute atomic E-state index is 0.0786. The first-order valence-corrected chi connectivity index (χ1v) is 5.86. The van der Waals surface area contributed by atoms with Gasteiger partial charge in [0.25, 0.3) is 0 Å². The van der Waals surface area contributed by atoms with Gasteiger partial charge < -0.3 is 16.0 Å². The predicted octanol–water partition coefficient (Wildman–Crippen LogP) is 0.182. The number of carbonyl (C=O) groups is 1. The Morgan fingerprint density at radius 1 is 1.60 bits per heavy atom. The maximum absolute atomic E-state index is 11.5. The number of nitrogens with zero attached hydrogens (tertiary/aromatic N) is 1. The van der Waals surface area contributed by atoms with Gasteiger partial charge in [-0.2, -0.15) is 0 Å². The molecule has 1 unspecified atom stereocenters. The van der Waals surface area contributed by atoms with Crippen LogP contribution in [0.25, 0.3) is 0 Å². The molecule has 0 aromatic rings. The maximum Gasteiger partial charge on any atom is 0.222 e. The summed E-state index contributed by atoms with van der Waals surface area (Å²) in [6.07, 6.45) is 2.25. The second-order valence-electron chi connectivity index (χ2n) is 4.59. The molecular formula is C11H23N3O. The first kappa shape index (κ1) is 12.5. The Hall–Kier alpha value is -0.610. The first-order chi connectivity index (χ1) is 7.13. The minimum Gasteiger partial charge on any atom is -0.352 e. The number of rotatable bonds is 4. The van der Waals surface area contributed by atoms with Gasteiger partial charge in [-0.1, -0.05) is 13.8 Å². The molecule has 1 fully saturated rings. The third-order valence-electron chi connectivity index (χ3n) is 2.82. The van der Waals surface area contributed by atoms with Crippen molar-refractivity contribution in [3.8, 4) is 0 Å². The number of likely N-dealkylation sites (tertiary alicyclic amines) is 1. The van der Waals surface area contributed by atoms with Crippen molar-refractivity contribution in [1.82, 2.24) is 10.2 Å². The highest BCUT2D eigenvalue weighted by Crippen LogP contribution is 2.10. The van der Waals surface area contributed by atoms with E-state index >= 15 is 0 Å². The second-order valence-corrected chi connectivity index (χ2v) is 4.59. The van der Waals surface area contributed by atoms with Crippen LogP contribution < -0.4 is 11.1 Å². The van der Waals surface area contributed by atoms with Crippen molar-refractivity contribution in [2.45, 2.75) is 32.7 Å². The number of hydrogen-bond acceptors (Lipinski definition) is 3. The first-order valence-electron chi connectivity index (χ1n) is 5.86. The zero-order valence-electron chi connectivity index (χ0n) is 9.83. The summed E-state index contributed by atoms with van der Waals surface area (Å²) in [6, 6.07) is 0.320. The van der Waals surface area contributed by atoms with E-state index in [1.54, 1.807) is 0 Å². The highest BCUT2D eigenvalue weighted by atomic mass is 16.1. The standard InChI is InChI=1S/C11H23N3O/c1-9(2)11(15)13-10-4-3-6-14(8-10)7-5-12/h9-10H,3-8,12H2,1-2H3,(H,13,15). The molecule has 1 heterocycles. The van der Waals surface area contributed by atoms with Gasteiger partial charge in [0.15, 0.2) is 0 Å². The summed E-state index contributed by atoms with van der Waals surface area (Å²) in [5.74, 6) is 0.240. The topological polar surface area (TPSA) is 58.4 Å². The van der Waals surface area contributed by atoms with Gasteiger partial charge in [0.1, 0.15) is 0 Å². The molecule has 0 aromatic heterocycles. The van der Waals surface area contributed by atoms with Crippen LogP contribution in [-0.4, -0.2) is 43.0 Å². The lowest BCUT2D eigenvalue weighted by Crippen LogP contribution is -2.49. The predicted molar refractivity (Wildman–Crippen MR) is 61.5 cm³/mol. The number of hydrogen-bond donors (Lipinski definition) is 2. The molecular weight excluding hydrogens is 190 g/mol. The Morgan fingerprint density at radius 2 is 2.33 bits per heavy atom. The molecule has 4 heteroatoms. The van der Waals surface area contributed by atoms with Gasteiger partial charge in [-0.3, -0.25) is 4.79 Å². The highest BCUT2D eigenvalue weighted by molar-refractivity contribution is 5.78. The average Bonchev–Trinajstić information content (AvgIpc) is 2.18. The molecule has 0 saturated carbocycles. The lowest BCUT2D eigenvalue weighted by molar-refractivity contribution is -0.125. The third kappa shape index (κ3) is 4.18. The second kappa shape index (κ2) is 6.08. The summed E-state index contributed by atoms with van der Waals surface area (Å²) >= 11 is 0. The van der Waals surface area contributed by atoms with Crippen molar-refractivity contribution < 1.29 is 4.79 Å². The zero-order chi connectivity index (χ0) is 11.3. The van der Waals surface area contributed by atoms with Crippen LogP contribution in [0.15, 0.2) is 0 Å². The monoisotopic (exact) mass is 213 g/mol. The van der Waals surface area contributed by atoms with Gasteiger partial charge in [-0.25, -0.2) is 0 Å². The van der Waals surface area contributed by atoms with E-state index in [2.05, 4.69) is 10.2 Å². The molecule has 1 aliphatic rings. The van der Waals surface area contributed by atoms with Crippen LogP contribution in [0.3, 0.4) is 0 Å². The smallest absolute Gasteiger partial charge is 0.222 e. The SMILES string of the molecule is CC(C)C(=O)NC1CCCN(CCN)C1. The fourth-order valence-electron chi connectivity index (χ4n) is 1.93. The van der Waals surface area contributed by atoms with E-state index in [9.17, 15) is 4.79 Å². The number of nitrogens with one attached hydrogen (secondary N) is 1. The summed E-state index contributed by atoms with van der Waals surface area (Å²) in [6.45, 7) is 7.56. The third-order valence-corrected chi connectivity index (χ3v) is 2.82. The van der Waals surface area contributed by atoms with Gasteiger partial charge in [-0.15, -0.1) is 0 Å². The fourth-order valence-corrected chi connectivity index (χ4v) is 1.93. The van der Waals surface area contributed by atoms with Crippen LogP contribution in [0.2, 0.25) is 0 Å². The van der Waals surface area contributed by atoms with Crippen molar-refractivity contribution in [1.29, 1.82) is 0 Å². The van der Waals surface area contributed by atoms with Crippen LogP contribution in [0.5, 0.6) is 0 Å². The molecule has 15 heavy (non-hydrogen) atoms. The summed E-state index contributed by atoms with van der Waals surface area (Å²) in [7, 11) is 0. The largest absolute Gasteiger partial charge is 0.352 e. The molecule has 0 aliphatic carbocycles. The Kier molecular flexibility index (Phi) is 5.05. The molecule has 3 N–H and O–H groups in total. The van der Waals surface area contributed by atoms with Gasteiger partial charge in [0.05, 0.1) is 0 Å². The number of piperidine rings is 1. The van der Waals surface area contributed by atoms with E-state index in [0.29, 0.717) is 12.6 Å². The molecule has 1 saturated heterocycles. The Balaban J connectivity index is 2.32. The average molecular weight is 213 g/mol. The van der Waals surface area contributed by atoms with Crippen molar-refractivity contribution in [3.05, 3.63) is 0 Å². The summed E-state index contributed by atoms with van der Waals surface area (Å²) < 4.78 is 0. The number of nitrogens with two attached hydrogens (primary N) is 1. The van der Waals surface area contributed by atoms with Gasteiger partial charge >= 0.3 is 0 Å². The molecule has 88 valence electrons. The zero-order valence-corrected chi connectivity index (χ0v) is 9.83. The molecule has 1 rings (SSSR count). The lowest BCUT2D eigenvalue weighted by atomic mass is 10.0. The molecule has 1 aliphatic heterocycles. The summed E-state index contributed by atoms with van der Waals surface area (Å²) in [5.41, 5.74) is 5.53. The molecule has 0 aromatic carbocycles. The van der Waals surface area contributed by atoms with E-state index in [-0.39, 0.29) is 11.8 Å². The maximum atomic E-state index is 11.5. The van der Waals surface area contributed by atoms with Crippen LogP contribution >= 0.6 is 0 Å². The number of carbonyl (C=O) groups excluding carboxylic acids is 1. The molecule has 0 bridgehead atoms. The quantitative estimate of drug-likeness (QED) is 0.700. The molecule has 1 atom stereocenters. The lowest BCUT2D eigenvalue weighted by Gasteiger charge is -2.33. The number of amides is 1. The fraction of sp³-hybridized carbons (Fsp3) is 0.909. The molecule has 0 spiro atoms. The van der Waals surface area contributed by atoms with Crippen LogP contribution in [0, 0.1) is 5.92 Å².